The lowest BCUT2D eigenvalue weighted by molar-refractivity contribution is 0.248. The first-order valence-corrected chi connectivity index (χ1v) is 7.29. The smallest absolute Gasteiger partial charge is 0.134 e. The number of hydrogen-bond donors (Lipinski definition) is 1. The second kappa shape index (κ2) is 4.61. The molecule has 0 radical (unpaired) electrons. The Hall–Kier alpha value is -0.970. The minimum Gasteiger partial charge on any atom is -0.458 e. The number of nitrogens with zero attached hydrogens (tertiary/aromatic N) is 1. The molecule has 0 amide bonds. The van der Waals surface area contributed by atoms with Crippen molar-refractivity contribution in [2.75, 3.05) is 12.8 Å². The number of thioether (sulfide) groups is 1. The van der Waals surface area contributed by atoms with Crippen molar-refractivity contribution in [3.63, 3.8) is 0 Å². The summed E-state index contributed by atoms with van der Waals surface area (Å²) in [7, 11) is 2.05. The van der Waals surface area contributed by atoms with E-state index >= 15 is 0 Å². The van der Waals surface area contributed by atoms with Gasteiger partial charge in [0, 0.05) is 11.3 Å². The van der Waals surface area contributed by atoms with E-state index in [1.165, 1.54) is 5.56 Å². The lowest BCUT2D eigenvalue weighted by Gasteiger charge is -2.19. The van der Waals surface area contributed by atoms with Crippen molar-refractivity contribution in [3.8, 4) is 0 Å². The molecule has 96 valence electrons. The van der Waals surface area contributed by atoms with E-state index in [-0.39, 0.29) is 11.5 Å². The summed E-state index contributed by atoms with van der Waals surface area (Å²) in [4.78, 5) is 2.17. The maximum Gasteiger partial charge on any atom is 0.134 e. The highest BCUT2D eigenvalue weighted by Gasteiger charge is 2.32. The lowest BCUT2D eigenvalue weighted by Crippen LogP contribution is -2.36. The van der Waals surface area contributed by atoms with Gasteiger partial charge >= 0.3 is 0 Å². The third kappa shape index (κ3) is 2.05. The average Bonchev–Trinajstić information content (AvgIpc) is 2.85. The first-order chi connectivity index (χ1) is 8.65. The van der Waals surface area contributed by atoms with Gasteiger partial charge in [-0.2, -0.15) is 0 Å². The molecule has 0 spiro atoms. The van der Waals surface area contributed by atoms with Gasteiger partial charge in [0.25, 0.3) is 0 Å². The average molecular weight is 262 g/mol. The summed E-state index contributed by atoms with van der Waals surface area (Å²) < 4.78 is 5.98. The van der Waals surface area contributed by atoms with E-state index < -0.39 is 0 Å². The van der Waals surface area contributed by atoms with Crippen molar-refractivity contribution in [1.29, 1.82) is 0 Å². The van der Waals surface area contributed by atoms with Gasteiger partial charge in [-0.05, 0) is 25.1 Å². The van der Waals surface area contributed by atoms with E-state index in [0.29, 0.717) is 5.92 Å². The molecular formula is C14H18N2OS. The Morgan fingerprint density at radius 2 is 2.17 bits per heavy atom. The van der Waals surface area contributed by atoms with Crippen molar-refractivity contribution < 1.29 is 4.42 Å². The fourth-order valence-corrected chi connectivity index (χ4v) is 3.55. The van der Waals surface area contributed by atoms with Crippen LogP contribution in [-0.4, -0.2) is 23.9 Å². The second-order valence-electron chi connectivity index (χ2n) is 4.96. The summed E-state index contributed by atoms with van der Waals surface area (Å²) >= 11 is 1.84. The summed E-state index contributed by atoms with van der Waals surface area (Å²) in [6, 6.07) is 2.14. The van der Waals surface area contributed by atoms with E-state index in [4.69, 9.17) is 10.2 Å². The Balaban J connectivity index is 1.91. The molecule has 2 aliphatic rings. The molecule has 0 bridgehead atoms. The zero-order valence-electron chi connectivity index (χ0n) is 10.7. The van der Waals surface area contributed by atoms with Crippen molar-refractivity contribution in [1.82, 2.24) is 4.90 Å². The minimum atomic E-state index is 0.121. The number of allylic oxidation sites excluding steroid dienone is 2. The summed E-state index contributed by atoms with van der Waals surface area (Å²) in [5.74, 6) is 3.38. The van der Waals surface area contributed by atoms with Crippen LogP contribution in [0.2, 0.25) is 0 Å². The number of nitrogens with two attached hydrogens (primary N) is 1. The highest BCUT2D eigenvalue weighted by atomic mass is 32.2. The van der Waals surface area contributed by atoms with Gasteiger partial charge in [-0.3, -0.25) is 4.90 Å². The molecule has 3 unspecified atom stereocenters. The largest absolute Gasteiger partial charge is 0.458 e. The van der Waals surface area contributed by atoms with Crippen LogP contribution in [0.25, 0.3) is 12.2 Å². The molecule has 1 aromatic heterocycles. The van der Waals surface area contributed by atoms with Gasteiger partial charge in [0.15, 0.2) is 0 Å². The molecule has 4 heteroatoms. The first-order valence-electron chi connectivity index (χ1n) is 6.24. The van der Waals surface area contributed by atoms with Crippen LogP contribution < -0.4 is 5.73 Å². The third-order valence-electron chi connectivity index (χ3n) is 3.50. The zero-order valence-corrected chi connectivity index (χ0v) is 11.5. The maximum absolute atomic E-state index is 6.01. The van der Waals surface area contributed by atoms with Crippen LogP contribution in [0.15, 0.2) is 22.6 Å². The van der Waals surface area contributed by atoms with Crippen molar-refractivity contribution in [2.45, 2.75) is 18.5 Å². The van der Waals surface area contributed by atoms with Gasteiger partial charge in [-0.25, -0.2) is 0 Å². The monoisotopic (exact) mass is 262 g/mol. The number of fused-ring (bicyclic) bond motifs is 1. The van der Waals surface area contributed by atoms with Gasteiger partial charge in [0.05, 0.1) is 6.17 Å². The molecule has 1 fully saturated rings. The van der Waals surface area contributed by atoms with Gasteiger partial charge in [0.1, 0.15) is 16.9 Å². The number of rotatable bonds is 1. The second-order valence-corrected chi connectivity index (χ2v) is 6.08. The Kier molecular flexibility index (Phi) is 3.09. The standard InChI is InChI=1S/C14H18N2OS/c1-9-3-5-10-7-12(17-11(10)6-4-9)14-16(2)13(15)8-18-14/h3-7,9,13-14H,8,15H2,1-2H3. The number of hydrogen-bond acceptors (Lipinski definition) is 4. The fraction of sp³-hybridized carbons (Fsp3) is 0.429. The topological polar surface area (TPSA) is 42.4 Å². The van der Waals surface area contributed by atoms with E-state index in [9.17, 15) is 0 Å². The van der Waals surface area contributed by atoms with Crippen LogP contribution in [-0.2, 0) is 0 Å². The summed E-state index contributed by atoms with van der Waals surface area (Å²) in [5, 5.41) is 0.242. The van der Waals surface area contributed by atoms with Crippen LogP contribution in [0.3, 0.4) is 0 Å². The normalized spacial score (nSPS) is 31.6. The third-order valence-corrected chi connectivity index (χ3v) is 4.92. The van der Waals surface area contributed by atoms with Crippen molar-refractivity contribution >= 4 is 23.9 Å². The van der Waals surface area contributed by atoms with Gasteiger partial charge < -0.3 is 10.2 Å². The molecule has 1 aromatic rings. The van der Waals surface area contributed by atoms with Crippen LogP contribution in [0.1, 0.15) is 29.4 Å². The van der Waals surface area contributed by atoms with Gasteiger partial charge in [-0.15, -0.1) is 11.8 Å². The molecule has 3 rings (SSSR count). The van der Waals surface area contributed by atoms with Crippen LogP contribution in [0.5, 0.6) is 0 Å². The molecule has 0 aromatic carbocycles. The first kappa shape index (κ1) is 12.1. The van der Waals surface area contributed by atoms with Crippen LogP contribution in [0, 0.1) is 5.92 Å². The molecule has 3 atom stereocenters. The Morgan fingerprint density at radius 3 is 2.89 bits per heavy atom. The maximum atomic E-state index is 6.01. The molecular weight excluding hydrogens is 244 g/mol. The van der Waals surface area contributed by atoms with Gasteiger partial charge in [0.2, 0.25) is 0 Å². The Bertz CT molecular complexity index is 474. The highest BCUT2D eigenvalue weighted by molar-refractivity contribution is 7.99. The predicted octanol–water partition coefficient (Wildman–Crippen LogP) is 2.92. The number of furan rings is 1. The van der Waals surface area contributed by atoms with Crippen LogP contribution in [0.4, 0.5) is 0 Å². The SMILES string of the molecule is CC1C=Cc2cc(C3SCC(N)N3C)oc2C=C1. The van der Waals surface area contributed by atoms with Crippen molar-refractivity contribution in [3.05, 3.63) is 35.3 Å². The van der Waals surface area contributed by atoms with Gasteiger partial charge in [-0.1, -0.05) is 25.2 Å². The molecule has 2 heterocycles. The van der Waals surface area contributed by atoms with E-state index in [2.05, 4.69) is 49.2 Å². The predicted molar refractivity (Wildman–Crippen MR) is 76.9 cm³/mol. The molecule has 1 aliphatic heterocycles. The van der Waals surface area contributed by atoms with E-state index in [1.54, 1.807) is 0 Å². The lowest BCUT2D eigenvalue weighted by atomic mass is 10.1. The Labute approximate surface area is 112 Å². The minimum absolute atomic E-state index is 0.121. The summed E-state index contributed by atoms with van der Waals surface area (Å²) in [5.41, 5.74) is 7.17. The Morgan fingerprint density at radius 1 is 1.39 bits per heavy atom. The van der Waals surface area contributed by atoms with Crippen molar-refractivity contribution in [2.24, 2.45) is 11.7 Å². The summed E-state index contributed by atoms with van der Waals surface area (Å²) in [6.07, 6.45) is 8.69. The quantitative estimate of drug-likeness (QED) is 0.845. The summed E-state index contributed by atoms with van der Waals surface area (Å²) in [6.45, 7) is 2.17. The molecule has 1 aliphatic carbocycles. The molecule has 3 nitrogen and oxygen atoms in total. The zero-order chi connectivity index (χ0) is 12.7. The molecule has 18 heavy (non-hydrogen) atoms. The fourth-order valence-electron chi connectivity index (χ4n) is 2.26. The molecule has 0 saturated carbocycles. The van der Waals surface area contributed by atoms with Crippen LogP contribution >= 0.6 is 11.8 Å². The molecule has 2 N–H and O–H groups in total. The van der Waals surface area contributed by atoms with E-state index in [0.717, 1.165) is 17.3 Å². The molecule has 1 saturated heterocycles. The highest BCUT2D eigenvalue weighted by Crippen LogP contribution is 2.40. The van der Waals surface area contributed by atoms with E-state index in [1.807, 2.05) is 11.8 Å².